The lowest BCUT2D eigenvalue weighted by Gasteiger charge is -2.36. The molecule has 1 aliphatic heterocycles. The number of Topliss-reactive ketones (excluding diaryl/α,β-unsaturated/α-hetero) is 1. The van der Waals surface area contributed by atoms with Crippen LogP contribution < -0.4 is 9.47 Å². The van der Waals surface area contributed by atoms with Crippen molar-refractivity contribution in [2.45, 2.75) is 12.2 Å². The lowest BCUT2D eigenvalue weighted by Crippen LogP contribution is -2.46. The van der Waals surface area contributed by atoms with Crippen LogP contribution in [-0.4, -0.2) is 37.8 Å². The molecule has 6 heteroatoms. The summed E-state index contributed by atoms with van der Waals surface area (Å²) >= 11 is 1.57. The van der Waals surface area contributed by atoms with E-state index < -0.39 is 5.79 Å². The molecule has 21 heavy (non-hydrogen) atoms. The molecule has 0 fully saturated rings. The van der Waals surface area contributed by atoms with E-state index in [1.54, 1.807) is 37.3 Å². The molecule has 112 valence electrons. The van der Waals surface area contributed by atoms with E-state index in [0.717, 1.165) is 5.39 Å². The van der Waals surface area contributed by atoms with Crippen LogP contribution in [-0.2, 0) is 4.74 Å². The molecule has 0 spiro atoms. The molecule has 0 bridgehead atoms. The van der Waals surface area contributed by atoms with E-state index in [9.17, 15) is 4.79 Å². The topological polar surface area (TPSA) is 57.9 Å². The van der Waals surface area contributed by atoms with E-state index >= 15 is 0 Å². The van der Waals surface area contributed by atoms with Gasteiger partial charge >= 0.3 is 0 Å². The smallest absolute Gasteiger partial charge is 0.226 e. The number of carbonyl (C=O) groups is 1. The average Bonchev–Trinajstić information content (AvgIpc) is 2.93. The highest BCUT2D eigenvalue weighted by atomic mass is 32.2. The summed E-state index contributed by atoms with van der Waals surface area (Å²) in [5, 5.41) is 0.767. The highest BCUT2D eigenvalue weighted by Crippen LogP contribution is 2.44. The molecule has 2 aromatic rings. The van der Waals surface area contributed by atoms with Crippen LogP contribution in [0.5, 0.6) is 11.5 Å². The standard InChI is InChI=1S/C15H16O5S/c1-17-14-9-4-5-19-11(9)6-12-13(14)10(16)7-15(18-2,20-12)8-21-3/h4-6H,7-8H2,1-3H3. The first kappa shape index (κ1) is 14.3. The minimum absolute atomic E-state index is 0.0490. The van der Waals surface area contributed by atoms with Gasteiger partial charge in [0.2, 0.25) is 5.79 Å². The number of fused-ring (bicyclic) bond motifs is 2. The molecule has 5 nitrogen and oxygen atoms in total. The van der Waals surface area contributed by atoms with Crippen LogP contribution in [0.3, 0.4) is 0 Å². The van der Waals surface area contributed by atoms with E-state index in [0.29, 0.717) is 28.4 Å². The Kier molecular flexibility index (Phi) is 3.59. The Morgan fingerprint density at radius 3 is 2.90 bits per heavy atom. The fourth-order valence-electron chi connectivity index (χ4n) is 2.66. The molecule has 0 aliphatic carbocycles. The molecule has 1 unspecified atom stereocenters. The minimum Gasteiger partial charge on any atom is -0.495 e. The molecule has 0 saturated carbocycles. The van der Waals surface area contributed by atoms with Gasteiger partial charge in [0.05, 0.1) is 30.9 Å². The van der Waals surface area contributed by atoms with Crippen molar-refractivity contribution in [3.8, 4) is 11.5 Å². The van der Waals surface area contributed by atoms with Gasteiger partial charge in [0.25, 0.3) is 0 Å². The zero-order chi connectivity index (χ0) is 15.0. The third kappa shape index (κ3) is 2.18. The summed E-state index contributed by atoms with van der Waals surface area (Å²) < 4.78 is 22.3. The number of hydrogen-bond donors (Lipinski definition) is 0. The zero-order valence-corrected chi connectivity index (χ0v) is 12.9. The lowest BCUT2D eigenvalue weighted by atomic mass is 9.96. The second-order valence-electron chi connectivity index (χ2n) is 4.87. The third-order valence-electron chi connectivity index (χ3n) is 3.62. The second kappa shape index (κ2) is 5.27. The number of furan rings is 1. The van der Waals surface area contributed by atoms with Gasteiger partial charge in [0.15, 0.2) is 5.78 Å². The van der Waals surface area contributed by atoms with E-state index in [1.807, 2.05) is 6.26 Å². The summed E-state index contributed by atoms with van der Waals surface area (Å²) in [4.78, 5) is 12.6. The van der Waals surface area contributed by atoms with Crippen molar-refractivity contribution >= 4 is 28.5 Å². The summed E-state index contributed by atoms with van der Waals surface area (Å²) in [5.74, 6) is 0.519. The van der Waals surface area contributed by atoms with Gasteiger partial charge in [0, 0.05) is 13.2 Å². The lowest BCUT2D eigenvalue weighted by molar-refractivity contribution is -0.146. The number of carbonyl (C=O) groups excluding carboxylic acids is 1. The predicted molar refractivity (Wildman–Crippen MR) is 80.5 cm³/mol. The van der Waals surface area contributed by atoms with Crippen molar-refractivity contribution in [1.82, 2.24) is 0 Å². The number of rotatable bonds is 4. The molecule has 1 aliphatic rings. The number of ether oxygens (including phenoxy) is 3. The van der Waals surface area contributed by atoms with Gasteiger partial charge in [-0.25, -0.2) is 0 Å². The van der Waals surface area contributed by atoms with Gasteiger partial charge in [-0.1, -0.05) is 0 Å². The number of ketones is 1. The van der Waals surface area contributed by atoms with Crippen molar-refractivity contribution in [2.75, 3.05) is 26.2 Å². The quantitative estimate of drug-likeness (QED) is 0.865. The largest absolute Gasteiger partial charge is 0.495 e. The maximum atomic E-state index is 12.6. The SMILES string of the molecule is COc1c2c(cc3occc13)OC(CSC)(OC)CC2=O. The van der Waals surface area contributed by atoms with Gasteiger partial charge in [-0.15, -0.1) is 0 Å². The molecule has 0 amide bonds. The van der Waals surface area contributed by atoms with Gasteiger partial charge in [-0.3, -0.25) is 4.79 Å². The van der Waals surface area contributed by atoms with Crippen molar-refractivity contribution < 1.29 is 23.4 Å². The van der Waals surface area contributed by atoms with Crippen molar-refractivity contribution in [2.24, 2.45) is 0 Å². The van der Waals surface area contributed by atoms with Crippen LogP contribution in [0.2, 0.25) is 0 Å². The fraction of sp³-hybridized carbons (Fsp3) is 0.400. The predicted octanol–water partition coefficient (Wildman–Crippen LogP) is 3.11. The van der Waals surface area contributed by atoms with Crippen LogP contribution in [0.1, 0.15) is 16.8 Å². The molecular weight excluding hydrogens is 292 g/mol. The van der Waals surface area contributed by atoms with Gasteiger partial charge in [-0.05, 0) is 12.3 Å². The normalized spacial score (nSPS) is 21.2. The summed E-state index contributed by atoms with van der Waals surface area (Å²) in [6.45, 7) is 0. The maximum Gasteiger partial charge on any atom is 0.226 e. The molecule has 0 radical (unpaired) electrons. The minimum atomic E-state index is -0.936. The Morgan fingerprint density at radius 2 is 2.24 bits per heavy atom. The molecular formula is C15H16O5S. The highest BCUT2D eigenvalue weighted by Gasteiger charge is 2.42. The molecule has 2 heterocycles. The number of methoxy groups -OCH3 is 2. The molecule has 1 atom stereocenters. The first-order chi connectivity index (χ1) is 10.1. The summed E-state index contributed by atoms with van der Waals surface area (Å²) in [6.07, 6.45) is 3.67. The average molecular weight is 308 g/mol. The molecule has 3 rings (SSSR count). The van der Waals surface area contributed by atoms with Crippen LogP contribution in [0.4, 0.5) is 0 Å². The molecule has 1 aromatic heterocycles. The van der Waals surface area contributed by atoms with Crippen molar-refractivity contribution in [3.05, 3.63) is 24.0 Å². The Labute approximate surface area is 126 Å². The second-order valence-corrected chi connectivity index (χ2v) is 5.73. The monoisotopic (exact) mass is 308 g/mol. The van der Waals surface area contributed by atoms with Crippen LogP contribution in [0.15, 0.2) is 22.8 Å². The van der Waals surface area contributed by atoms with E-state index in [-0.39, 0.29) is 12.2 Å². The maximum absolute atomic E-state index is 12.6. The first-order valence-electron chi connectivity index (χ1n) is 6.48. The molecule has 1 aromatic carbocycles. The van der Waals surface area contributed by atoms with Crippen molar-refractivity contribution in [3.63, 3.8) is 0 Å². The number of thioether (sulfide) groups is 1. The summed E-state index contributed by atoms with van der Waals surface area (Å²) in [5.41, 5.74) is 1.08. The summed E-state index contributed by atoms with van der Waals surface area (Å²) in [6, 6.07) is 3.50. The van der Waals surface area contributed by atoms with Crippen LogP contribution >= 0.6 is 11.8 Å². The van der Waals surface area contributed by atoms with E-state index in [2.05, 4.69) is 0 Å². The van der Waals surface area contributed by atoms with Gasteiger partial charge < -0.3 is 18.6 Å². The van der Waals surface area contributed by atoms with Crippen molar-refractivity contribution in [1.29, 1.82) is 0 Å². The van der Waals surface area contributed by atoms with Crippen LogP contribution in [0, 0.1) is 0 Å². The Bertz CT molecular complexity index is 693. The molecule has 0 N–H and O–H groups in total. The summed E-state index contributed by atoms with van der Waals surface area (Å²) in [7, 11) is 3.09. The Hall–Kier alpha value is -1.66. The number of benzene rings is 1. The Morgan fingerprint density at radius 1 is 1.43 bits per heavy atom. The zero-order valence-electron chi connectivity index (χ0n) is 12.1. The molecule has 0 saturated heterocycles. The number of hydrogen-bond acceptors (Lipinski definition) is 6. The van der Waals surface area contributed by atoms with Gasteiger partial charge in [-0.2, -0.15) is 11.8 Å². The fourth-order valence-corrected chi connectivity index (χ4v) is 3.38. The highest BCUT2D eigenvalue weighted by molar-refractivity contribution is 7.98. The van der Waals surface area contributed by atoms with E-state index in [1.165, 1.54) is 7.11 Å². The first-order valence-corrected chi connectivity index (χ1v) is 7.88. The van der Waals surface area contributed by atoms with Gasteiger partial charge in [0.1, 0.15) is 22.6 Å². The Balaban J connectivity index is 2.18. The third-order valence-corrected chi connectivity index (χ3v) is 4.35. The van der Waals surface area contributed by atoms with Crippen LogP contribution in [0.25, 0.3) is 11.0 Å². The van der Waals surface area contributed by atoms with E-state index in [4.69, 9.17) is 18.6 Å².